The van der Waals surface area contributed by atoms with Crippen LogP contribution in [0.25, 0.3) is 22.3 Å². The molecule has 7 rings (SSSR count). The summed E-state index contributed by atoms with van der Waals surface area (Å²) in [6.07, 6.45) is 19.9. The van der Waals surface area contributed by atoms with Gasteiger partial charge in [0.1, 0.15) is 6.61 Å². The molecule has 2 aliphatic rings. The fourth-order valence-electron chi connectivity index (χ4n) is 8.24. The van der Waals surface area contributed by atoms with Crippen molar-refractivity contribution in [3.05, 3.63) is 189 Å². The molecule has 0 heterocycles. The van der Waals surface area contributed by atoms with Gasteiger partial charge in [0.05, 0.1) is 13.2 Å². The summed E-state index contributed by atoms with van der Waals surface area (Å²) in [5.74, 6) is -0.416. The zero-order valence-corrected chi connectivity index (χ0v) is 38.2. The monoisotopic (exact) mass is 815 g/mol. The van der Waals surface area contributed by atoms with Crippen molar-refractivity contribution in [1.29, 1.82) is 0 Å². The van der Waals surface area contributed by atoms with Gasteiger partial charge >= 0.3 is 5.97 Å². The van der Waals surface area contributed by atoms with Gasteiger partial charge in [-0.25, -0.2) is 4.79 Å². The molecule has 3 heteroatoms. The van der Waals surface area contributed by atoms with Gasteiger partial charge in [0.25, 0.3) is 0 Å². The van der Waals surface area contributed by atoms with E-state index in [9.17, 15) is 4.79 Å². The number of aryl methyl sites for hydroxylation is 12. The first kappa shape index (κ1) is 46.8. The van der Waals surface area contributed by atoms with Crippen molar-refractivity contribution in [1.82, 2.24) is 0 Å². The van der Waals surface area contributed by atoms with Crippen molar-refractivity contribution < 1.29 is 14.3 Å². The lowest BCUT2D eigenvalue weighted by atomic mass is 9.83. The molecule has 0 radical (unpaired) electrons. The molecule has 0 saturated heterocycles. The van der Waals surface area contributed by atoms with Crippen LogP contribution in [-0.4, -0.2) is 19.2 Å². The summed E-state index contributed by atoms with van der Waals surface area (Å²) in [5.41, 5.74) is 24.0. The fraction of sp³-hybridized carbons (Fsp3) is 0.362. The highest BCUT2D eigenvalue weighted by Crippen LogP contribution is 2.36. The van der Waals surface area contributed by atoms with Crippen molar-refractivity contribution in [3.63, 3.8) is 0 Å². The lowest BCUT2D eigenvalue weighted by molar-refractivity contribution is -0.139. The molecule has 5 aromatic carbocycles. The maximum atomic E-state index is 10.7. The van der Waals surface area contributed by atoms with E-state index in [1.807, 2.05) is 12.2 Å². The number of esters is 1. The number of hydrogen-bond donors (Lipinski definition) is 0. The molecule has 0 N–H and O–H groups in total. The fourth-order valence-corrected chi connectivity index (χ4v) is 8.24. The van der Waals surface area contributed by atoms with E-state index in [2.05, 4.69) is 140 Å². The van der Waals surface area contributed by atoms with Gasteiger partial charge in [0.15, 0.2) is 0 Å². The number of hydrogen-bond acceptors (Lipinski definition) is 3. The molecular formula is C58H70O3. The maximum Gasteiger partial charge on any atom is 0.330 e. The van der Waals surface area contributed by atoms with E-state index in [-0.39, 0.29) is 6.61 Å². The van der Waals surface area contributed by atoms with Crippen LogP contribution < -0.4 is 0 Å². The minimum Gasteiger partial charge on any atom is -0.460 e. The third-order valence-corrected chi connectivity index (χ3v) is 12.3. The molecule has 0 fully saturated rings. The van der Waals surface area contributed by atoms with E-state index in [0.29, 0.717) is 13.2 Å². The molecule has 0 aliphatic heterocycles. The Labute approximate surface area is 368 Å². The third kappa shape index (κ3) is 13.6. The predicted octanol–water partition coefficient (Wildman–Crippen LogP) is 14.5. The maximum absolute atomic E-state index is 10.7. The number of rotatable bonds is 18. The molecule has 0 saturated carbocycles. The number of fused-ring (bicyclic) bond motifs is 2. The molecule has 0 atom stereocenters. The number of benzene rings is 5. The minimum atomic E-state index is -0.416. The van der Waals surface area contributed by atoms with Crippen LogP contribution in [0.15, 0.2) is 117 Å². The zero-order valence-electron chi connectivity index (χ0n) is 38.2. The first-order valence-electron chi connectivity index (χ1n) is 22.6. The second-order valence-corrected chi connectivity index (χ2v) is 17.1. The van der Waals surface area contributed by atoms with E-state index in [0.717, 1.165) is 18.9 Å². The van der Waals surface area contributed by atoms with E-state index in [4.69, 9.17) is 9.47 Å². The van der Waals surface area contributed by atoms with E-state index < -0.39 is 5.97 Å². The SMILES string of the molecule is C=CC(=O)OCCOCc1cc(C)ccc1C.C=CCCCCc1cc(C)c(CCCCC=C)cc1C.Cc1cc(-c2ccc3c(c2)CC3)c(C)cc1-c1ccc2c(c1)CC2. The Morgan fingerprint density at radius 1 is 0.525 bits per heavy atom. The van der Waals surface area contributed by atoms with Crippen LogP contribution in [0.4, 0.5) is 0 Å². The third-order valence-electron chi connectivity index (χ3n) is 12.3. The van der Waals surface area contributed by atoms with Crippen LogP contribution in [0.1, 0.15) is 111 Å². The summed E-state index contributed by atoms with van der Waals surface area (Å²) in [7, 11) is 0. The van der Waals surface area contributed by atoms with E-state index in [1.165, 1.54) is 159 Å². The highest BCUT2D eigenvalue weighted by Gasteiger charge is 2.17. The van der Waals surface area contributed by atoms with Crippen molar-refractivity contribution in [2.24, 2.45) is 0 Å². The van der Waals surface area contributed by atoms with Gasteiger partial charge in [-0.15, -0.1) is 13.2 Å². The van der Waals surface area contributed by atoms with Crippen LogP contribution in [0.5, 0.6) is 0 Å². The molecular weight excluding hydrogens is 745 g/mol. The minimum absolute atomic E-state index is 0.260. The first-order valence-corrected chi connectivity index (χ1v) is 22.6. The van der Waals surface area contributed by atoms with Crippen LogP contribution in [0.2, 0.25) is 0 Å². The topological polar surface area (TPSA) is 35.5 Å². The first-order chi connectivity index (χ1) is 29.5. The number of ether oxygens (including phenoxy) is 2. The Balaban J connectivity index is 0.000000177. The van der Waals surface area contributed by atoms with Crippen LogP contribution in [0.3, 0.4) is 0 Å². The second-order valence-electron chi connectivity index (χ2n) is 17.1. The molecule has 2 aliphatic carbocycles. The smallest absolute Gasteiger partial charge is 0.330 e. The Kier molecular flexibility index (Phi) is 18.2. The summed E-state index contributed by atoms with van der Waals surface area (Å²) in [6, 6.07) is 29.8. The predicted molar refractivity (Wildman–Crippen MR) is 260 cm³/mol. The normalized spacial score (nSPS) is 11.9. The second kappa shape index (κ2) is 23.7. The molecule has 320 valence electrons. The van der Waals surface area contributed by atoms with Crippen molar-refractivity contribution in [2.75, 3.05) is 13.2 Å². The molecule has 0 amide bonds. The molecule has 0 unspecified atom stereocenters. The number of carbonyl (C=O) groups is 1. The van der Waals surface area contributed by atoms with Crippen molar-refractivity contribution >= 4 is 5.97 Å². The molecule has 3 nitrogen and oxygen atoms in total. The largest absolute Gasteiger partial charge is 0.460 e. The van der Waals surface area contributed by atoms with E-state index >= 15 is 0 Å². The van der Waals surface area contributed by atoms with Crippen LogP contribution in [0, 0.1) is 41.5 Å². The Bertz CT molecular complexity index is 2170. The van der Waals surface area contributed by atoms with Crippen molar-refractivity contribution in [2.45, 2.75) is 125 Å². The van der Waals surface area contributed by atoms with Gasteiger partial charge < -0.3 is 9.47 Å². The van der Waals surface area contributed by atoms with Gasteiger partial charge in [-0.1, -0.05) is 103 Å². The highest BCUT2D eigenvalue weighted by atomic mass is 16.6. The quantitative estimate of drug-likeness (QED) is 0.0383. The summed E-state index contributed by atoms with van der Waals surface area (Å²) in [5, 5.41) is 0. The van der Waals surface area contributed by atoms with Crippen LogP contribution in [-0.2, 0) is 59.4 Å². The Hall–Kier alpha value is -5.25. The van der Waals surface area contributed by atoms with Crippen molar-refractivity contribution in [3.8, 4) is 22.3 Å². The van der Waals surface area contributed by atoms with Gasteiger partial charge in [-0.3, -0.25) is 0 Å². The van der Waals surface area contributed by atoms with Gasteiger partial charge in [0.2, 0.25) is 0 Å². The summed E-state index contributed by atoms with van der Waals surface area (Å²) in [6.45, 7) is 25.2. The number of carbonyl (C=O) groups excluding carboxylic acids is 1. The van der Waals surface area contributed by atoms with Crippen LogP contribution >= 0.6 is 0 Å². The average molecular weight is 815 g/mol. The molecule has 61 heavy (non-hydrogen) atoms. The van der Waals surface area contributed by atoms with Gasteiger partial charge in [-0.2, -0.15) is 0 Å². The summed E-state index contributed by atoms with van der Waals surface area (Å²) >= 11 is 0. The molecule has 0 spiro atoms. The zero-order chi connectivity index (χ0) is 43.7. The molecule has 0 bridgehead atoms. The lowest BCUT2D eigenvalue weighted by Crippen LogP contribution is -2.08. The van der Waals surface area contributed by atoms with Gasteiger partial charge in [0, 0.05) is 6.08 Å². The Morgan fingerprint density at radius 3 is 1.48 bits per heavy atom. The Morgan fingerprint density at radius 2 is 1.03 bits per heavy atom. The van der Waals surface area contributed by atoms with Gasteiger partial charge in [-0.05, 0) is 208 Å². The summed E-state index contributed by atoms with van der Waals surface area (Å²) in [4.78, 5) is 10.7. The number of allylic oxidation sites excluding steroid dienone is 2. The molecule has 5 aromatic rings. The number of unbranched alkanes of at least 4 members (excludes halogenated alkanes) is 4. The summed E-state index contributed by atoms with van der Waals surface area (Å²) < 4.78 is 10.2. The molecule has 0 aromatic heterocycles. The average Bonchev–Trinajstić information content (AvgIpc) is 3.23. The van der Waals surface area contributed by atoms with E-state index in [1.54, 1.807) is 0 Å². The standard InChI is InChI=1S/C24H22.C20H30.C14H18O3/c1-15-11-24(22-10-6-18-4-8-20(18)14-22)16(2)12-23(15)21-9-5-17-3-7-19(17)13-21;1-5-7-9-11-13-19-15-18(4)20(16-17(19)3)14-12-10-8-6-2;1-4-14(15)17-8-7-16-10-13-9-11(2)5-6-12(13)3/h5-6,9-14H,3-4,7-8H2,1-2H3;5-6,15-16H,1-2,7-14H2,3-4H3;4-6,9H,1,7-8,10H2,2-3H3. The highest BCUT2D eigenvalue weighted by molar-refractivity contribution is 5.81. The lowest BCUT2D eigenvalue weighted by Gasteiger charge is -2.22.